The van der Waals surface area contributed by atoms with Gasteiger partial charge in [0, 0.05) is 112 Å². The Labute approximate surface area is 412 Å². The third-order valence-corrected chi connectivity index (χ3v) is 12.9. The first-order valence-corrected chi connectivity index (χ1v) is 26.5. The smallest absolute Gasteiger partial charge is 0.423 e. The van der Waals surface area contributed by atoms with Crippen LogP contribution in [0.2, 0.25) is 25.7 Å². The molecule has 8 aromatic rings. The lowest BCUT2D eigenvalue weighted by atomic mass is 9.81. The molecular formula is C46H55BFIN14O5Si. The predicted molar refractivity (Wildman–Crippen MR) is 282 cm³/mol. The summed E-state index contributed by atoms with van der Waals surface area (Å²) in [4.78, 5) is 47.9. The maximum atomic E-state index is 12.2. The molecule has 8 aromatic heterocycles. The van der Waals surface area contributed by atoms with Crippen LogP contribution >= 0.6 is 22.6 Å². The second kappa shape index (κ2) is 23.1. The number of allylic oxidation sites excluding steroid dienone is 4. The summed E-state index contributed by atoms with van der Waals surface area (Å²) in [6.07, 6.45) is 14.0. The van der Waals surface area contributed by atoms with E-state index in [1.54, 1.807) is 30.7 Å². The van der Waals surface area contributed by atoms with E-state index in [-0.39, 0.29) is 16.8 Å². The number of carbonyl (C=O) groups excluding carboxylic acids is 1. The molecule has 23 heteroatoms. The summed E-state index contributed by atoms with van der Waals surface area (Å²) in [7, 11) is 9.27. The number of hydrogen-bond donors (Lipinski definition) is 5. The Morgan fingerprint density at radius 1 is 0.797 bits per heavy atom. The first-order chi connectivity index (χ1) is 32.8. The number of aromatic amines is 3. The Balaban J connectivity index is 0.000000155. The number of nitrogens with zero attached hydrogens (tertiary/aromatic N) is 11. The van der Waals surface area contributed by atoms with Gasteiger partial charge in [-0.1, -0.05) is 31.8 Å². The van der Waals surface area contributed by atoms with Crippen molar-refractivity contribution < 1.29 is 24.0 Å². The van der Waals surface area contributed by atoms with Crippen molar-refractivity contribution in [2.45, 2.75) is 38.8 Å². The number of ketones is 1. The van der Waals surface area contributed by atoms with Gasteiger partial charge in [-0.15, -0.1) is 0 Å². The molecule has 0 amide bonds. The molecule has 0 spiro atoms. The lowest BCUT2D eigenvalue weighted by molar-refractivity contribution is -0.113. The van der Waals surface area contributed by atoms with Gasteiger partial charge in [0.1, 0.15) is 10.4 Å². The summed E-state index contributed by atoms with van der Waals surface area (Å²) >= 11 is 2.26. The molecule has 1 aliphatic carbocycles. The monoisotopic (exact) mass is 1070 g/mol. The zero-order valence-electron chi connectivity index (χ0n) is 39.9. The first kappa shape index (κ1) is 51.7. The maximum Gasteiger partial charge on any atom is 0.488 e. The summed E-state index contributed by atoms with van der Waals surface area (Å²) in [6.45, 7) is 8.32. The highest BCUT2D eigenvalue weighted by atomic mass is 127. The Kier molecular flexibility index (Phi) is 17.3. The van der Waals surface area contributed by atoms with E-state index in [1.807, 2.05) is 99.4 Å². The summed E-state index contributed by atoms with van der Waals surface area (Å²) in [5.41, 5.74) is 8.62. The average Bonchev–Trinajstić information content (AvgIpc) is 4.03. The molecule has 0 aliphatic heterocycles. The Morgan fingerprint density at radius 2 is 1.38 bits per heavy atom. The van der Waals surface area contributed by atoms with E-state index in [0.29, 0.717) is 24.4 Å². The molecule has 8 heterocycles. The molecule has 9 rings (SSSR count). The minimum atomic E-state index is -1.63. The lowest BCUT2D eigenvalue weighted by Crippen LogP contribution is -2.30. The summed E-state index contributed by atoms with van der Waals surface area (Å²) in [5, 5.41) is 38.9. The van der Waals surface area contributed by atoms with Crippen LogP contribution in [0.25, 0.3) is 49.9 Å². The predicted octanol–water partition coefficient (Wildman–Crippen LogP) is 5.63. The summed E-state index contributed by atoms with van der Waals surface area (Å²) in [6, 6.07) is 12.7. The largest absolute Gasteiger partial charge is 0.488 e. The fraction of sp³-hybridized carbons (Fsp3) is 0.283. The number of ether oxygens (including phenoxy) is 1. The average molecular weight is 1070 g/mol. The van der Waals surface area contributed by atoms with E-state index in [4.69, 9.17) is 14.8 Å². The number of anilines is 3. The lowest BCUT2D eigenvalue weighted by Gasteiger charge is -2.15. The molecule has 5 N–H and O–H groups in total. The fourth-order valence-corrected chi connectivity index (χ4v) is 8.50. The van der Waals surface area contributed by atoms with E-state index >= 15 is 0 Å². The zero-order valence-corrected chi connectivity index (χ0v) is 43.0. The van der Waals surface area contributed by atoms with Gasteiger partial charge in [0.25, 0.3) is 0 Å². The topological polar surface area (TPSA) is 236 Å². The van der Waals surface area contributed by atoms with Crippen molar-refractivity contribution in [3.05, 3.63) is 117 Å². The molecule has 19 nitrogen and oxygen atoms in total. The number of pyridine rings is 5. The number of H-pyrrole nitrogens is 3. The van der Waals surface area contributed by atoms with Crippen LogP contribution in [0, 0.1) is 9.65 Å². The zero-order chi connectivity index (χ0) is 50.0. The van der Waals surface area contributed by atoms with Crippen LogP contribution in [-0.4, -0.2) is 135 Å². The minimum absolute atomic E-state index is 0.104. The third kappa shape index (κ3) is 13.3. The number of carbonyl (C=O) groups is 1. The van der Waals surface area contributed by atoms with Gasteiger partial charge in [-0.2, -0.15) is 19.7 Å². The van der Waals surface area contributed by atoms with Crippen LogP contribution in [0.5, 0.6) is 0 Å². The van der Waals surface area contributed by atoms with Crippen molar-refractivity contribution in [3.63, 3.8) is 0 Å². The standard InChI is InChI=1S/C14H23IN4OSi.C14H14N4O.C13H13N5O.C5H5BFNO2/c1-18(2)11-6-7-16-14-12(11)13(15)17-19(14)10-20-8-9-21(3,4)5;1-18(2)11-6-7-15-14-12(11)13(16-17-14)9-4-3-5-10(19)8-9;1-18(2)9-4-6-15-13-11(9)12(16-17-13)8-3-5-14-10(19)7-8;7-5-3-4(6(9)10)1-2-8-5/h6-7H,8-10H2,1-5H3;3-4,6-8H,5H2,1-2H3,(H,15,16,17);3-7H,1-2H3,(H,14,19)(H,15,16,17);1-3,9-10H. The van der Waals surface area contributed by atoms with Crippen molar-refractivity contribution in [2.24, 2.45) is 0 Å². The molecule has 0 bridgehead atoms. The molecule has 0 atom stereocenters. The van der Waals surface area contributed by atoms with Crippen molar-refractivity contribution in [3.8, 4) is 11.3 Å². The number of hydrogen-bond acceptors (Lipinski definition) is 15. The van der Waals surface area contributed by atoms with Gasteiger partial charge in [0.2, 0.25) is 11.5 Å². The minimum Gasteiger partial charge on any atom is -0.423 e. The third-order valence-electron chi connectivity index (χ3n) is 10.4. The van der Waals surface area contributed by atoms with Crippen LogP contribution in [0.1, 0.15) is 12.1 Å². The number of rotatable bonds is 11. The van der Waals surface area contributed by atoms with Crippen molar-refractivity contribution in [1.29, 1.82) is 0 Å². The molecule has 0 aromatic carbocycles. The Bertz CT molecular complexity index is 3160. The number of nitrogens with one attached hydrogen (secondary N) is 3. The molecule has 0 radical (unpaired) electrons. The molecule has 0 saturated carbocycles. The van der Waals surface area contributed by atoms with E-state index in [1.165, 1.54) is 18.3 Å². The number of aromatic nitrogens is 11. The van der Waals surface area contributed by atoms with Crippen molar-refractivity contribution in [2.75, 3.05) is 63.6 Å². The molecular weight excluding hydrogens is 1010 g/mol. The van der Waals surface area contributed by atoms with Gasteiger partial charge in [-0.3, -0.25) is 19.8 Å². The second-order valence-corrected chi connectivity index (χ2v) is 24.1. The highest BCUT2D eigenvalue weighted by Crippen LogP contribution is 2.33. The highest BCUT2D eigenvalue weighted by molar-refractivity contribution is 14.1. The van der Waals surface area contributed by atoms with Crippen molar-refractivity contribution >= 4 is 105 Å². The van der Waals surface area contributed by atoms with E-state index < -0.39 is 21.1 Å². The van der Waals surface area contributed by atoms with Gasteiger partial charge >= 0.3 is 7.12 Å². The fourth-order valence-electron chi connectivity index (χ4n) is 6.97. The number of fused-ring (bicyclic) bond motifs is 3. The number of halogens is 2. The van der Waals surface area contributed by atoms with Crippen LogP contribution in [0.3, 0.4) is 0 Å². The SMILES string of the molecule is CN(C)c1ccnc2c1c(I)nn2COCC[Si](C)(C)C.CN(C)c1ccnc2n[nH]c(-c3cc[nH]c(=O)c3)c12.CN(C)c1ccnc2n[nH]c(C3=CC(=O)CC=C3)c12.OB(O)c1ccnc(F)c1. The Morgan fingerprint density at radius 3 is 1.93 bits per heavy atom. The van der Waals surface area contributed by atoms with E-state index in [0.717, 1.165) is 77.8 Å². The maximum absolute atomic E-state index is 12.2. The summed E-state index contributed by atoms with van der Waals surface area (Å²) in [5.74, 6) is -0.610. The molecule has 0 unspecified atom stereocenters. The van der Waals surface area contributed by atoms with Gasteiger partial charge in [-0.05, 0) is 76.6 Å². The van der Waals surface area contributed by atoms with Crippen LogP contribution in [-0.2, 0) is 16.3 Å². The van der Waals surface area contributed by atoms with Crippen LogP contribution in [0.15, 0.2) is 96.5 Å². The molecule has 0 fully saturated rings. The van der Waals surface area contributed by atoms with Gasteiger partial charge in [0.05, 0.1) is 44.6 Å². The molecule has 0 saturated heterocycles. The summed E-state index contributed by atoms with van der Waals surface area (Å²) < 4.78 is 20.8. The molecule has 1 aliphatic rings. The van der Waals surface area contributed by atoms with Crippen molar-refractivity contribution in [1.82, 2.24) is 55.1 Å². The second-order valence-electron chi connectivity index (χ2n) is 17.5. The quantitative estimate of drug-likeness (QED) is 0.0457. The molecule has 69 heavy (non-hydrogen) atoms. The Hall–Kier alpha value is -6.67. The highest BCUT2D eigenvalue weighted by Gasteiger charge is 2.19. The molecule has 360 valence electrons. The normalized spacial score (nSPS) is 12.1. The van der Waals surface area contributed by atoms with E-state index in [9.17, 15) is 14.0 Å². The van der Waals surface area contributed by atoms with Gasteiger partial charge < -0.3 is 34.5 Å². The van der Waals surface area contributed by atoms with Gasteiger partial charge in [0.15, 0.2) is 22.7 Å². The van der Waals surface area contributed by atoms with E-state index in [2.05, 4.69) is 97.5 Å². The van der Waals surface area contributed by atoms with Crippen LogP contribution < -0.4 is 25.7 Å². The first-order valence-electron chi connectivity index (χ1n) is 21.7. The van der Waals surface area contributed by atoms with Gasteiger partial charge in [-0.25, -0.2) is 24.6 Å². The van der Waals surface area contributed by atoms with Crippen LogP contribution in [0.4, 0.5) is 21.5 Å².